The van der Waals surface area contributed by atoms with Gasteiger partial charge in [0.2, 0.25) is 0 Å². The van der Waals surface area contributed by atoms with E-state index in [0.717, 1.165) is 0 Å². The summed E-state index contributed by atoms with van der Waals surface area (Å²) >= 11 is 0. The molecule has 0 amide bonds. The molecule has 9 nitrogen and oxygen atoms in total. The van der Waals surface area contributed by atoms with Gasteiger partial charge in [0, 0.05) is 41.4 Å². The molecule has 0 atom stereocenters. The molecule has 3 rings (SSSR count). The van der Waals surface area contributed by atoms with Crippen LogP contribution in [-0.2, 0) is 19.2 Å². The van der Waals surface area contributed by atoms with Gasteiger partial charge in [0.15, 0.2) is 0 Å². The maximum atomic E-state index is 9.55. The molecule has 150 valence electrons. The van der Waals surface area contributed by atoms with E-state index in [1.807, 2.05) is 6.20 Å². The maximum absolute atomic E-state index is 9.55. The highest BCUT2D eigenvalue weighted by molar-refractivity contribution is 6.06. The Hall–Kier alpha value is -4.40. The van der Waals surface area contributed by atoms with Crippen LogP contribution in [0, 0.1) is 0 Å². The highest BCUT2D eigenvalue weighted by Gasteiger charge is 1.98. The number of rotatable bonds is 4. The number of H-pyrrole nitrogens is 1. The molecule has 0 bridgehead atoms. The van der Waals surface area contributed by atoms with Gasteiger partial charge in [0.1, 0.15) is 0 Å². The normalized spacial score (nSPS) is 10.2. The summed E-state index contributed by atoms with van der Waals surface area (Å²) in [6, 6.07) is 14.8. The largest absolute Gasteiger partial charge is 0.478 e. The van der Waals surface area contributed by atoms with Crippen LogP contribution in [0.1, 0.15) is 0 Å². The number of carboxylic acid groups (broad SMARTS) is 4. The number of hydrogen-bond acceptors (Lipinski definition) is 4. The van der Waals surface area contributed by atoms with Crippen LogP contribution < -0.4 is 0 Å². The average Bonchev–Trinajstić information content (AvgIpc) is 3.15. The van der Waals surface area contributed by atoms with Crippen molar-refractivity contribution in [3.05, 3.63) is 73.0 Å². The van der Waals surface area contributed by atoms with E-state index in [0.29, 0.717) is 24.3 Å². The molecule has 3 aromatic rings. The number of carboxylic acids is 4. The van der Waals surface area contributed by atoms with Crippen LogP contribution in [0.5, 0.6) is 0 Å². The third kappa shape index (κ3) is 8.69. The fraction of sp³-hybridized carbons (Fsp3) is 0. The molecule has 0 aliphatic carbocycles. The van der Waals surface area contributed by atoms with Crippen molar-refractivity contribution in [1.82, 2.24) is 4.98 Å². The molecule has 0 aliphatic heterocycles. The maximum Gasteiger partial charge on any atom is 0.328 e. The number of aliphatic carboxylic acids is 4. The van der Waals surface area contributed by atoms with Gasteiger partial charge in [-0.3, -0.25) is 0 Å². The Kier molecular flexibility index (Phi) is 8.85. The number of fused-ring (bicyclic) bond motifs is 3. The van der Waals surface area contributed by atoms with Gasteiger partial charge in [-0.05, 0) is 22.9 Å². The lowest BCUT2D eigenvalue weighted by Crippen LogP contribution is -1.91. The molecule has 0 saturated heterocycles. The van der Waals surface area contributed by atoms with Crippen molar-refractivity contribution in [3.63, 3.8) is 0 Å². The number of carbonyl (C=O) groups is 4. The second-order valence-electron chi connectivity index (χ2n) is 5.25. The molecule has 0 fully saturated rings. The van der Waals surface area contributed by atoms with Gasteiger partial charge in [-0.15, -0.1) is 0 Å². The van der Waals surface area contributed by atoms with Crippen molar-refractivity contribution < 1.29 is 39.6 Å². The predicted molar refractivity (Wildman–Crippen MR) is 105 cm³/mol. The lowest BCUT2D eigenvalue weighted by Gasteiger charge is -1.97. The zero-order valence-corrected chi connectivity index (χ0v) is 14.9. The molecule has 1 aromatic heterocycles. The number of benzene rings is 2. The Morgan fingerprint density at radius 3 is 1.59 bits per heavy atom. The third-order valence-corrected chi connectivity index (χ3v) is 3.20. The van der Waals surface area contributed by atoms with E-state index in [1.54, 1.807) is 0 Å². The Labute approximate surface area is 163 Å². The summed E-state index contributed by atoms with van der Waals surface area (Å²) in [5.74, 6) is -5.03. The molecule has 9 heteroatoms. The van der Waals surface area contributed by atoms with Crippen molar-refractivity contribution in [3.8, 4) is 0 Å². The minimum Gasteiger partial charge on any atom is -0.478 e. The average molecular weight is 399 g/mol. The van der Waals surface area contributed by atoms with Crippen LogP contribution in [0.25, 0.3) is 21.7 Å². The first kappa shape index (κ1) is 22.6. The van der Waals surface area contributed by atoms with Crippen LogP contribution in [0.2, 0.25) is 0 Å². The first-order valence-electron chi connectivity index (χ1n) is 7.93. The molecule has 0 saturated carbocycles. The van der Waals surface area contributed by atoms with Crippen molar-refractivity contribution >= 4 is 45.6 Å². The Morgan fingerprint density at radius 1 is 0.621 bits per heavy atom. The van der Waals surface area contributed by atoms with Gasteiger partial charge in [-0.25, -0.2) is 19.2 Å². The summed E-state index contributed by atoms with van der Waals surface area (Å²) in [7, 11) is 0. The molecule has 0 aliphatic rings. The van der Waals surface area contributed by atoms with Gasteiger partial charge in [0.25, 0.3) is 0 Å². The molecule has 0 unspecified atom stereocenters. The van der Waals surface area contributed by atoms with Gasteiger partial charge in [-0.2, -0.15) is 0 Å². The zero-order valence-electron chi connectivity index (χ0n) is 14.9. The third-order valence-electron chi connectivity index (χ3n) is 3.20. The molecule has 5 N–H and O–H groups in total. The van der Waals surface area contributed by atoms with Crippen molar-refractivity contribution in [2.45, 2.75) is 0 Å². The summed E-state index contributed by atoms with van der Waals surface area (Å²) in [4.78, 5) is 41.4. The Bertz CT molecular complexity index is 1010. The summed E-state index contributed by atoms with van der Waals surface area (Å²) in [6.45, 7) is 0. The number of nitrogens with one attached hydrogen (secondary N) is 1. The minimum absolute atomic E-state index is 0.558. The van der Waals surface area contributed by atoms with E-state index in [2.05, 4.69) is 47.4 Å². The highest BCUT2D eigenvalue weighted by atomic mass is 16.4. The van der Waals surface area contributed by atoms with E-state index < -0.39 is 23.9 Å². The van der Waals surface area contributed by atoms with E-state index in [-0.39, 0.29) is 0 Å². The Morgan fingerprint density at radius 2 is 1.10 bits per heavy atom. The van der Waals surface area contributed by atoms with Crippen LogP contribution in [0.15, 0.2) is 73.0 Å². The van der Waals surface area contributed by atoms with E-state index >= 15 is 0 Å². The monoisotopic (exact) mass is 399 g/mol. The first-order valence-corrected chi connectivity index (χ1v) is 7.93. The smallest absolute Gasteiger partial charge is 0.328 e. The topological polar surface area (TPSA) is 165 Å². The van der Waals surface area contributed by atoms with E-state index in [4.69, 9.17) is 20.4 Å². The SMILES string of the molecule is O=C(O)/C=C\C(=O)O.O=C(O)/C=C\C(=O)O.c1ccc2c(c1)ccc1[nH]ccc12. The lowest BCUT2D eigenvalue weighted by molar-refractivity contribution is -0.134. The molecular formula is C20H17NO8. The number of aromatic nitrogens is 1. The van der Waals surface area contributed by atoms with Crippen LogP contribution in [0.3, 0.4) is 0 Å². The first-order chi connectivity index (χ1) is 13.7. The van der Waals surface area contributed by atoms with Crippen molar-refractivity contribution in [2.75, 3.05) is 0 Å². The van der Waals surface area contributed by atoms with E-state index in [9.17, 15) is 19.2 Å². The minimum atomic E-state index is -1.26. The summed E-state index contributed by atoms with van der Waals surface area (Å²) < 4.78 is 0. The van der Waals surface area contributed by atoms with Gasteiger partial charge >= 0.3 is 23.9 Å². The van der Waals surface area contributed by atoms with Gasteiger partial charge in [-0.1, -0.05) is 30.3 Å². The summed E-state index contributed by atoms with van der Waals surface area (Å²) in [5, 5.41) is 35.2. The predicted octanol–water partition coefficient (Wildman–Crippen LogP) is 2.74. The Balaban J connectivity index is 0.000000233. The molecule has 0 spiro atoms. The standard InChI is InChI=1S/C12H9N.2C4H4O4/c1-2-4-10-9(3-1)5-6-12-11(10)7-8-13-12;2*5-3(6)1-2-4(7)8/h1-8,13H;2*1-2H,(H,5,6)(H,7,8)/b;2*2-1-. The zero-order chi connectivity index (χ0) is 21.8. The van der Waals surface area contributed by atoms with Crippen molar-refractivity contribution in [2.24, 2.45) is 0 Å². The molecular weight excluding hydrogens is 382 g/mol. The van der Waals surface area contributed by atoms with Crippen LogP contribution in [0.4, 0.5) is 0 Å². The molecule has 1 heterocycles. The summed E-state index contributed by atoms with van der Waals surface area (Å²) in [6.07, 6.45) is 4.21. The van der Waals surface area contributed by atoms with Gasteiger partial charge in [0.05, 0.1) is 0 Å². The van der Waals surface area contributed by atoms with E-state index in [1.165, 1.54) is 21.7 Å². The lowest BCUT2D eigenvalue weighted by atomic mass is 10.1. The molecule has 29 heavy (non-hydrogen) atoms. The second-order valence-corrected chi connectivity index (χ2v) is 5.25. The van der Waals surface area contributed by atoms with Crippen LogP contribution >= 0.6 is 0 Å². The fourth-order valence-corrected chi connectivity index (χ4v) is 2.10. The quantitative estimate of drug-likeness (QED) is 0.418. The highest BCUT2D eigenvalue weighted by Crippen LogP contribution is 2.23. The number of hydrogen-bond donors (Lipinski definition) is 5. The second kappa shape index (κ2) is 11.3. The molecule has 0 radical (unpaired) electrons. The van der Waals surface area contributed by atoms with Gasteiger partial charge < -0.3 is 25.4 Å². The summed E-state index contributed by atoms with van der Waals surface area (Å²) in [5.41, 5.74) is 1.21. The fourth-order valence-electron chi connectivity index (χ4n) is 2.10. The number of aromatic amines is 1. The molecule has 2 aromatic carbocycles. The van der Waals surface area contributed by atoms with Crippen molar-refractivity contribution in [1.29, 1.82) is 0 Å². The van der Waals surface area contributed by atoms with Crippen LogP contribution in [-0.4, -0.2) is 49.3 Å².